The first-order valence-corrected chi connectivity index (χ1v) is 9.11. The van der Waals surface area contributed by atoms with Crippen LogP contribution in [0, 0.1) is 11.8 Å². The highest BCUT2D eigenvalue weighted by Crippen LogP contribution is 2.23. The molecular formula is C18H36N2O. The zero-order valence-electron chi connectivity index (χ0n) is 14.7. The van der Waals surface area contributed by atoms with Crippen LogP contribution in [0.15, 0.2) is 0 Å². The Labute approximate surface area is 132 Å². The fraction of sp³-hybridized carbons (Fsp3) is 0.944. The van der Waals surface area contributed by atoms with Gasteiger partial charge < -0.3 is 4.90 Å². The van der Waals surface area contributed by atoms with Crippen LogP contribution in [0.4, 0.5) is 0 Å². The van der Waals surface area contributed by atoms with E-state index >= 15 is 0 Å². The van der Waals surface area contributed by atoms with Crippen LogP contribution in [0.3, 0.4) is 0 Å². The Kier molecular flexibility index (Phi) is 9.18. The summed E-state index contributed by atoms with van der Waals surface area (Å²) in [5, 5.41) is 0. The summed E-state index contributed by atoms with van der Waals surface area (Å²) in [5.74, 6) is 2.15. The summed E-state index contributed by atoms with van der Waals surface area (Å²) in [4.78, 5) is 16.1. The Morgan fingerprint density at radius 3 is 1.86 bits per heavy atom. The van der Waals surface area contributed by atoms with Crippen molar-refractivity contribution in [2.45, 2.75) is 59.8 Å². The Bertz CT molecular complexity index is 277. The number of hydrogen-bond acceptors (Lipinski definition) is 3. The lowest BCUT2D eigenvalue weighted by Crippen LogP contribution is -2.42. The molecule has 0 unspecified atom stereocenters. The molecule has 124 valence electrons. The first-order chi connectivity index (χ1) is 10.2. The van der Waals surface area contributed by atoms with Gasteiger partial charge in [-0.25, -0.2) is 0 Å². The maximum Gasteiger partial charge on any atom is 0.143 e. The van der Waals surface area contributed by atoms with Gasteiger partial charge in [-0.3, -0.25) is 9.69 Å². The largest absolute Gasteiger partial charge is 0.303 e. The standard InChI is InChI=1S/C16H30N2O.C2H6/c1-3-15-4-8-18(9-5-15)13-16-6-10-17(11-7-16)12-14(2)19;1-2/h15-16H,3-13H2,1-2H3;1-2H3. The van der Waals surface area contributed by atoms with E-state index in [1.54, 1.807) is 6.92 Å². The van der Waals surface area contributed by atoms with Crippen molar-refractivity contribution < 1.29 is 4.79 Å². The molecule has 0 atom stereocenters. The van der Waals surface area contributed by atoms with Crippen molar-refractivity contribution >= 4 is 5.78 Å². The molecule has 0 N–H and O–H groups in total. The molecule has 0 aromatic rings. The predicted molar refractivity (Wildman–Crippen MR) is 90.6 cm³/mol. The molecule has 0 amide bonds. The molecule has 3 heteroatoms. The van der Waals surface area contributed by atoms with Gasteiger partial charge in [-0.2, -0.15) is 0 Å². The molecule has 2 aliphatic rings. The van der Waals surface area contributed by atoms with E-state index in [0.717, 1.165) is 24.9 Å². The molecule has 3 nitrogen and oxygen atoms in total. The number of likely N-dealkylation sites (tertiary alicyclic amines) is 2. The maximum atomic E-state index is 11.1. The van der Waals surface area contributed by atoms with Crippen LogP contribution in [-0.4, -0.2) is 54.9 Å². The summed E-state index contributed by atoms with van der Waals surface area (Å²) in [6.07, 6.45) is 6.72. The zero-order valence-corrected chi connectivity index (χ0v) is 14.7. The average molecular weight is 296 g/mol. The summed E-state index contributed by atoms with van der Waals surface area (Å²) < 4.78 is 0. The van der Waals surface area contributed by atoms with Gasteiger partial charge in [-0.1, -0.05) is 27.2 Å². The van der Waals surface area contributed by atoms with Crippen LogP contribution in [0.5, 0.6) is 0 Å². The monoisotopic (exact) mass is 296 g/mol. The minimum absolute atomic E-state index is 0.306. The van der Waals surface area contributed by atoms with Gasteiger partial charge in [-0.05, 0) is 70.6 Å². The van der Waals surface area contributed by atoms with Crippen molar-refractivity contribution in [3.05, 3.63) is 0 Å². The lowest BCUT2D eigenvalue weighted by Gasteiger charge is -2.37. The second-order valence-electron chi connectivity index (χ2n) is 6.57. The normalized spacial score (nSPS) is 22.7. The fourth-order valence-electron chi connectivity index (χ4n) is 3.58. The van der Waals surface area contributed by atoms with Crippen LogP contribution in [0.25, 0.3) is 0 Å². The van der Waals surface area contributed by atoms with E-state index in [1.165, 1.54) is 51.7 Å². The highest BCUT2D eigenvalue weighted by Gasteiger charge is 2.24. The van der Waals surface area contributed by atoms with Gasteiger partial charge in [0.15, 0.2) is 0 Å². The van der Waals surface area contributed by atoms with Crippen LogP contribution in [0.1, 0.15) is 59.8 Å². The molecule has 0 aliphatic carbocycles. The lowest BCUT2D eigenvalue weighted by atomic mass is 9.91. The molecule has 2 rings (SSSR count). The third-order valence-corrected chi connectivity index (χ3v) is 4.95. The quantitative estimate of drug-likeness (QED) is 0.776. The molecule has 2 fully saturated rings. The first-order valence-electron chi connectivity index (χ1n) is 9.11. The predicted octanol–water partition coefficient (Wildman–Crippen LogP) is 3.44. The van der Waals surface area contributed by atoms with Crippen LogP contribution in [-0.2, 0) is 4.79 Å². The molecular weight excluding hydrogens is 260 g/mol. The Morgan fingerprint density at radius 1 is 0.905 bits per heavy atom. The molecule has 0 aromatic carbocycles. The molecule has 2 saturated heterocycles. The summed E-state index contributed by atoms with van der Waals surface area (Å²) in [6.45, 7) is 14.8. The minimum atomic E-state index is 0.306. The highest BCUT2D eigenvalue weighted by atomic mass is 16.1. The van der Waals surface area contributed by atoms with Crippen molar-refractivity contribution in [3.8, 4) is 0 Å². The van der Waals surface area contributed by atoms with Crippen molar-refractivity contribution in [1.82, 2.24) is 9.80 Å². The molecule has 0 saturated carbocycles. The zero-order chi connectivity index (χ0) is 15.7. The van der Waals surface area contributed by atoms with Gasteiger partial charge in [0.25, 0.3) is 0 Å². The van der Waals surface area contributed by atoms with Crippen LogP contribution in [0.2, 0.25) is 0 Å². The number of piperidine rings is 2. The Hall–Kier alpha value is -0.410. The summed E-state index contributed by atoms with van der Waals surface area (Å²) in [5.41, 5.74) is 0. The van der Waals surface area contributed by atoms with Gasteiger partial charge >= 0.3 is 0 Å². The molecule has 0 bridgehead atoms. The molecule has 21 heavy (non-hydrogen) atoms. The average Bonchev–Trinajstić information content (AvgIpc) is 2.51. The number of ketones is 1. The fourth-order valence-corrected chi connectivity index (χ4v) is 3.58. The number of rotatable bonds is 5. The summed E-state index contributed by atoms with van der Waals surface area (Å²) in [6, 6.07) is 0. The van der Waals surface area contributed by atoms with E-state index in [9.17, 15) is 4.79 Å². The van der Waals surface area contributed by atoms with Crippen LogP contribution >= 0.6 is 0 Å². The van der Waals surface area contributed by atoms with Crippen molar-refractivity contribution in [2.75, 3.05) is 39.3 Å². The van der Waals surface area contributed by atoms with Gasteiger partial charge in [-0.15, -0.1) is 0 Å². The lowest BCUT2D eigenvalue weighted by molar-refractivity contribution is -0.118. The van der Waals surface area contributed by atoms with E-state index in [4.69, 9.17) is 0 Å². The second-order valence-corrected chi connectivity index (χ2v) is 6.57. The second kappa shape index (κ2) is 10.3. The SMILES string of the molecule is CC.CCC1CCN(CC2CCN(CC(C)=O)CC2)CC1. The van der Waals surface area contributed by atoms with Gasteiger partial charge in [0, 0.05) is 6.54 Å². The minimum Gasteiger partial charge on any atom is -0.303 e. The first kappa shape index (κ1) is 18.6. The molecule has 2 heterocycles. The van der Waals surface area contributed by atoms with E-state index in [0.29, 0.717) is 12.3 Å². The van der Waals surface area contributed by atoms with E-state index < -0.39 is 0 Å². The van der Waals surface area contributed by atoms with Gasteiger partial charge in [0.1, 0.15) is 5.78 Å². The van der Waals surface area contributed by atoms with Gasteiger partial charge in [0.2, 0.25) is 0 Å². The molecule has 0 spiro atoms. The molecule has 2 aliphatic heterocycles. The third kappa shape index (κ3) is 6.92. The number of Topliss-reactive ketones (excluding diaryl/α,β-unsaturated/α-hetero) is 1. The summed E-state index contributed by atoms with van der Waals surface area (Å²) in [7, 11) is 0. The topological polar surface area (TPSA) is 23.6 Å². The van der Waals surface area contributed by atoms with E-state index in [2.05, 4.69) is 16.7 Å². The van der Waals surface area contributed by atoms with Crippen molar-refractivity contribution in [3.63, 3.8) is 0 Å². The highest BCUT2D eigenvalue weighted by molar-refractivity contribution is 5.77. The number of carbonyl (C=O) groups excluding carboxylic acids is 1. The molecule has 0 aromatic heterocycles. The number of hydrogen-bond donors (Lipinski definition) is 0. The smallest absolute Gasteiger partial charge is 0.143 e. The van der Waals surface area contributed by atoms with Crippen molar-refractivity contribution in [1.29, 1.82) is 0 Å². The maximum absolute atomic E-state index is 11.1. The van der Waals surface area contributed by atoms with Crippen LogP contribution < -0.4 is 0 Å². The number of nitrogens with zero attached hydrogens (tertiary/aromatic N) is 2. The third-order valence-electron chi connectivity index (χ3n) is 4.95. The Balaban J connectivity index is 0.00000106. The van der Waals surface area contributed by atoms with Gasteiger partial charge in [0.05, 0.1) is 6.54 Å². The summed E-state index contributed by atoms with van der Waals surface area (Å²) >= 11 is 0. The molecule has 0 radical (unpaired) electrons. The van der Waals surface area contributed by atoms with E-state index in [1.807, 2.05) is 13.8 Å². The van der Waals surface area contributed by atoms with Crippen molar-refractivity contribution in [2.24, 2.45) is 11.8 Å². The number of carbonyl (C=O) groups is 1. The van der Waals surface area contributed by atoms with E-state index in [-0.39, 0.29) is 0 Å². The Morgan fingerprint density at radius 2 is 1.38 bits per heavy atom.